The first-order valence-corrected chi connectivity index (χ1v) is 6.94. The average molecular weight is 321 g/mol. The van der Waals surface area contributed by atoms with E-state index in [1.165, 1.54) is 5.56 Å². The minimum atomic E-state index is 0.562. The lowest BCUT2D eigenvalue weighted by molar-refractivity contribution is 0.106. The van der Waals surface area contributed by atoms with E-state index >= 15 is 0 Å². The minimum Gasteiger partial charge on any atom is -0.496 e. The van der Waals surface area contributed by atoms with Gasteiger partial charge in [0.05, 0.1) is 20.3 Å². The van der Waals surface area contributed by atoms with Crippen molar-refractivity contribution in [1.29, 1.82) is 0 Å². The zero-order valence-electron chi connectivity index (χ0n) is 11.2. The second kappa shape index (κ2) is 6.73. The molecular formula is C16H17BrO2. The third-order valence-corrected chi connectivity index (χ3v) is 3.67. The van der Waals surface area contributed by atoms with E-state index in [1.807, 2.05) is 31.2 Å². The maximum Gasteiger partial charge on any atom is 0.122 e. The highest BCUT2D eigenvalue weighted by molar-refractivity contribution is 9.10. The predicted octanol–water partition coefficient (Wildman–Crippen LogP) is 4.48. The van der Waals surface area contributed by atoms with Gasteiger partial charge in [0, 0.05) is 4.47 Å². The Morgan fingerprint density at radius 1 is 1.05 bits per heavy atom. The summed E-state index contributed by atoms with van der Waals surface area (Å²) >= 11 is 3.56. The molecule has 2 nitrogen and oxygen atoms in total. The average Bonchev–Trinajstić information content (AvgIpc) is 2.42. The van der Waals surface area contributed by atoms with E-state index in [9.17, 15) is 0 Å². The van der Waals surface area contributed by atoms with Crippen LogP contribution < -0.4 is 4.74 Å². The zero-order chi connectivity index (χ0) is 13.7. The molecule has 100 valence electrons. The molecule has 0 radical (unpaired) electrons. The van der Waals surface area contributed by atoms with Crippen LogP contribution in [0.3, 0.4) is 0 Å². The maximum atomic E-state index is 5.74. The number of benzene rings is 2. The number of rotatable bonds is 5. The molecule has 0 unspecified atom stereocenters. The minimum absolute atomic E-state index is 0.562. The summed E-state index contributed by atoms with van der Waals surface area (Å²) < 4.78 is 12.1. The maximum absolute atomic E-state index is 5.74. The van der Waals surface area contributed by atoms with Gasteiger partial charge in [-0.25, -0.2) is 0 Å². The molecule has 0 spiro atoms. The third-order valence-electron chi connectivity index (χ3n) is 2.93. The Labute approximate surface area is 122 Å². The summed E-state index contributed by atoms with van der Waals surface area (Å²) in [5.74, 6) is 0.890. The van der Waals surface area contributed by atoms with Gasteiger partial charge >= 0.3 is 0 Å². The molecule has 19 heavy (non-hydrogen) atoms. The molecule has 0 aliphatic carbocycles. The summed E-state index contributed by atoms with van der Waals surface area (Å²) in [5, 5.41) is 0. The van der Waals surface area contributed by atoms with Crippen molar-refractivity contribution >= 4 is 15.9 Å². The van der Waals surface area contributed by atoms with E-state index in [0.29, 0.717) is 13.2 Å². The quantitative estimate of drug-likeness (QED) is 0.808. The molecule has 0 amide bonds. The lowest BCUT2D eigenvalue weighted by atomic mass is 10.1. The standard InChI is InChI=1S/C16H17BrO2/c1-12-8-15(17)14(9-16(12)18-2)11-19-10-13-6-4-3-5-7-13/h3-9H,10-11H2,1-2H3. The van der Waals surface area contributed by atoms with E-state index in [0.717, 1.165) is 21.3 Å². The third kappa shape index (κ3) is 3.82. The molecule has 2 rings (SSSR count). The topological polar surface area (TPSA) is 18.5 Å². The molecule has 0 aliphatic rings. The van der Waals surface area contributed by atoms with Gasteiger partial charge in [0.25, 0.3) is 0 Å². The van der Waals surface area contributed by atoms with Gasteiger partial charge in [-0.05, 0) is 35.7 Å². The summed E-state index contributed by atoms with van der Waals surface area (Å²) in [4.78, 5) is 0. The van der Waals surface area contributed by atoms with Crippen LogP contribution in [0.2, 0.25) is 0 Å². The Morgan fingerprint density at radius 3 is 2.47 bits per heavy atom. The van der Waals surface area contributed by atoms with Crippen LogP contribution >= 0.6 is 15.9 Å². The molecule has 2 aromatic rings. The SMILES string of the molecule is COc1cc(COCc2ccccc2)c(Br)cc1C. The first-order valence-electron chi connectivity index (χ1n) is 6.15. The van der Waals surface area contributed by atoms with Crippen molar-refractivity contribution in [3.8, 4) is 5.75 Å². The van der Waals surface area contributed by atoms with E-state index in [4.69, 9.17) is 9.47 Å². The van der Waals surface area contributed by atoms with Gasteiger partial charge in [0.15, 0.2) is 0 Å². The van der Waals surface area contributed by atoms with Crippen LogP contribution in [0.25, 0.3) is 0 Å². The molecule has 3 heteroatoms. The molecule has 0 heterocycles. The Morgan fingerprint density at radius 2 is 1.79 bits per heavy atom. The van der Waals surface area contributed by atoms with Gasteiger partial charge in [-0.2, -0.15) is 0 Å². The van der Waals surface area contributed by atoms with E-state index in [-0.39, 0.29) is 0 Å². The molecular weight excluding hydrogens is 304 g/mol. The van der Waals surface area contributed by atoms with Gasteiger partial charge in [-0.1, -0.05) is 46.3 Å². The molecule has 0 atom stereocenters. The number of hydrogen-bond acceptors (Lipinski definition) is 2. The van der Waals surface area contributed by atoms with Crippen LogP contribution in [-0.2, 0) is 18.0 Å². The van der Waals surface area contributed by atoms with E-state index in [1.54, 1.807) is 7.11 Å². The molecule has 0 N–H and O–H groups in total. The smallest absolute Gasteiger partial charge is 0.122 e. The largest absolute Gasteiger partial charge is 0.496 e. The normalized spacial score (nSPS) is 10.5. The molecule has 0 bridgehead atoms. The van der Waals surface area contributed by atoms with Gasteiger partial charge in [-0.3, -0.25) is 0 Å². The fourth-order valence-corrected chi connectivity index (χ4v) is 2.45. The van der Waals surface area contributed by atoms with E-state index in [2.05, 4.69) is 34.1 Å². The van der Waals surface area contributed by atoms with Gasteiger partial charge in [-0.15, -0.1) is 0 Å². The Balaban J connectivity index is 2.00. The molecule has 0 aliphatic heterocycles. The Kier molecular flexibility index (Phi) is 5.00. The van der Waals surface area contributed by atoms with Crippen molar-refractivity contribution in [2.75, 3.05) is 7.11 Å². The van der Waals surface area contributed by atoms with Crippen LogP contribution in [0.4, 0.5) is 0 Å². The van der Waals surface area contributed by atoms with E-state index < -0.39 is 0 Å². The van der Waals surface area contributed by atoms with Crippen LogP contribution in [0.15, 0.2) is 46.9 Å². The first kappa shape index (κ1) is 14.1. The zero-order valence-corrected chi connectivity index (χ0v) is 12.7. The highest BCUT2D eigenvalue weighted by Gasteiger charge is 2.06. The Hall–Kier alpha value is -1.32. The molecule has 0 saturated carbocycles. The van der Waals surface area contributed by atoms with Crippen LogP contribution in [0.1, 0.15) is 16.7 Å². The first-order chi connectivity index (χ1) is 9.20. The van der Waals surface area contributed by atoms with Crippen LogP contribution in [-0.4, -0.2) is 7.11 Å². The van der Waals surface area contributed by atoms with Crippen molar-refractivity contribution < 1.29 is 9.47 Å². The highest BCUT2D eigenvalue weighted by Crippen LogP contribution is 2.27. The number of methoxy groups -OCH3 is 1. The van der Waals surface area contributed by atoms with Gasteiger partial charge < -0.3 is 9.47 Å². The summed E-state index contributed by atoms with van der Waals surface area (Å²) in [6.07, 6.45) is 0. The molecule has 0 fully saturated rings. The van der Waals surface area contributed by atoms with Crippen LogP contribution in [0.5, 0.6) is 5.75 Å². The number of aryl methyl sites for hydroxylation is 1. The predicted molar refractivity (Wildman–Crippen MR) is 80.4 cm³/mol. The molecule has 2 aromatic carbocycles. The van der Waals surface area contributed by atoms with Crippen molar-refractivity contribution in [3.05, 3.63) is 63.6 Å². The summed E-state index contributed by atoms with van der Waals surface area (Å²) in [5.41, 5.74) is 3.39. The second-order valence-corrected chi connectivity index (χ2v) is 5.25. The molecule has 0 aromatic heterocycles. The van der Waals surface area contributed by atoms with Crippen molar-refractivity contribution in [3.63, 3.8) is 0 Å². The lowest BCUT2D eigenvalue weighted by Crippen LogP contribution is -1.97. The van der Waals surface area contributed by atoms with Crippen LogP contribution in [0, 0.1) is 6.92 Å². The number of halogens is 1. The monoisotopic (exact) mass is 320 g/mol. The van der Waals surface area contributed by atoms with Crippen molar-refractivity contribution in [2.45, 2.75) is 20.1 Å². The highest BCUT2D eigenvalue weighted by atomic mass is 79.9. The second-order valence-electron chi connectivity index (χ2n) is 4.39. The van der Waals surface area contributed by atoms with Gasteiger partial charge in [0.2, 0.25) is 0 Å². The lowest BCUT2D eigenvalue weighted by Gasteiger charge is -2.11. The van der Waals surface area contributed by atoms with Crippen molar-refractivity contribution in [2.24, 2.45) is 0 Å². The fraction of sp³-hybridized carbons (Fsp3) is 0.250. The number of ether oxygens (including phenoxy) is 2. The summed E-state index contributed by atoms with van der Waals surface area (Å²) in [7, 11) is 1.69. The van der Waals surface area contributed by atoms with Crippen molar-refractivity contribution in [1.82, 2.24) is 0 Å². The number of hydrogen-bond donors (Lipinski definition) is 0. The fourth-order valence-electron chi connectivity index (χ4n) is 1.88. The Bertz CT molecular complexity index is 538. The summed E-state index contributed by atoms with van der Waals surface area (Å²) in [6, 6.07) is 14.2. The van der Waals surface area contributed by atoms with Gasteiger partial charge in [0.1, 0.15) is 5.75 Å². The molecule has 0 saturated heterocycles. The summed E-state index contributed by atoms with van der Waals surface area (Å²) in [6.45, 7) is 3.20.